The smallest absolute Gasteiger partial charge is 0.221 e. The highest BCUT2D eigenvalue weighted by Gasteiger charge is 2.10. The molecule has 1 atom stereocenters. The first kappa shape index (κ1) is 19.0. The SMILES string of the molecule is CCCNC(=O)CCNC(=NC)NCC(CO)c1ccccc1. The van der Waals surface area contributed by atoms with Crippen molar-refractivity contribution in [3.8, 4) is 0 Å². The first-order valence-electron chi connectivity index (χ1n) is 8.08. The highest BCUT2D eigenvalue weighted by atomic mass is 16.3. The summed E-state index contributed by atoms with van der Waals surface area (Å²) in [5.41, 5.74) is 1.08. The minimum atomic E-state index is 0.00241. The summed E-state index contributed by atoms with van der Waals surface area (Å²) in [5, 5.41) is 18.7. The maximum Gasteiger partial charge on any atom is 0.221 e. The van der Waals surface area contributed by atoms with Crippen LogP contribution in [0.1, 0.15) is 31.2 Å². The lowest BCUT2D eigenvalue weighted by Gasteiger charge is -2.18. The molecular formula is C17H28N4O2. The van der Waals surface area contributed by atoms with Gasteiger partial charge in [-0.15, -0.1) is 0 Å². The van der Waals surface area contributed by atoms with Gasteiger partial charge in [-0.1, -0.05) is 37.3 Å². The Kier molecular flexibility index (Phi) is 9.47. The van der Waals surface area contributed by atoms with E-state index in [1.54, 1.807) is 7.05 Å². The predicted octanol–water partition coefficient (Wildman–Crippen LogP) is 0.844. The Hall–Kier alpha value is -2.08. The number of benzene rings is 1. The van der Waals surface area contributed by atoms with Crippen molar-refractivity contribution in [2.75, 3.05) is 33.3 Å². The summed E-state index contributed by atoms with van der Waals surface area (Å²) in [7, 11) is 1.68. The zero-order chi connectivity index (χ0) is 16.9. The van der Waals surface area contributed by atoms with Crippen LogP contribution in [-0.2, 0) is 4.79 Å². The van der Waals surface area contributed by atoms with Gasteiger partial charge in [0.15, 0.2) is 5.96 Å². The van der Waals surface area contributed by atoms with E-state index in [2.05, 4.69) is 20.9 Å². The lowest BCUT2D eigenvalue weighted by Crippen LogP contribution is -2.41. The van der Waals surface area contributed by atoms with E-state index in [1.807, 2.05) is 37.3 Å². The second-order valence-corrected chi connectivity index (χ2v) is 5.27. The molecule has 0 aliphatic rings. The Bertz CT molecular complexity index is 477. The summed E-state index contributed by atoms with van der Waals surface area (Å²) < 4.78 is 0. The fourth-order valence-electron chi connectivity index (χ4n) is 2.10. The summed E-state index contributed by atoms with van der Waals surface area (Å²) in [5.74, 6) is 0.664. The van der Waals surface area contributed by atoms with E-state index in [0.717, 1.165) is 12.0 Å². The molecule has 0 spiro atoms. The molecule has 1 aromatic rings. The van der Waals surface area contributed by atoms with Crippen LogP contribution in [0.2, 0.25) is 0 Å². The molecule has 0 radical (unpaired) electrons. The molecule has 1 aromatic carbocycles. The first-order chi connectivity index (χ1) is 11.2. The highest BCUT2D eigenvalue weighted by molar-refractivity contribution is 5.81. The molecule has 0 fully saturated rings. The lowest BCUT2D eigenvalue weighted by atomic mass is 10.0. The number of amides is 1. The third-order valence-electron chi connectivity index (χ3n) is 3.45. The quantitative estimate of drug-likeness (QED) is 0.401. The maximum atomic E-state index is 11.5. The van der Waals surface area contributed by atoms with Crippen LogP contribution in [0.4, 0.5) is 0 Å². The van der Waals surface area contributed by atoms with E-state index in [-0.39, 0.29) is 18.4 Å². The number of carbonyl (C=O) groups excluding carboxylic acids is 1. The molecule has 1 rings (SSSR count). The van der Waals surface area contributed by atoms with Crippen LogP contribution in [0.15, 0.2) is 35.3 Å². The third-order valence-corrected chi connectivity index (χ3v) is 3.45. The monoisotopic (exact) mass is 320 g/mol. The van der Waals surface area contributed by atoms with Gasteiger partial charge in [0.05, 0.1) is 6.61 Å². The number of hydrogen-bond donors (Lipinski definition) is 4. The van der Waals surface area contributed by atoms with E-state index in [0.29, 0.717) is 32.0 Å². The van der Waals surface area contributed by atoms with Gasteiger partial charge in [-0.3, -0.25) is 9.79 Å². The number of aliphatic hydroxyl groups excluding tert-OH is 1. The molecule has 4 N–H and O–H groups in total. The molecule has 0 aliphatic heterocycles. The topological polar surface area (TPSA) is 85.8 Å². The number of hydrogen-bond acceptors (Lipinski definition) is 3. The lowest BCUT2D eigenvalue weighted by molar-refractivity contribution is -0.120. The predicted molar refractivity (Wildman–Crippen MR) is 93.6 cm³/mol. The maximum absolute atomic E-state index is 11.5. The highest BCUT2D eigenvalue weighted by Crippen LogP contribution is 2.13. The zero-order valence-electron chi connectivity index (χ0n) is 14.0. The second kappa shape index (κ2) is 11.5. The average molecular weight is 320 g/mol. The molecule has 23 heavy (non-hydrogen) atoms. The Balaban J connectivity index is 2.34. The van der Waals surface area contributed by atoms with Gasteiger partial charge in [0.1, 0.15) is 0 Å². The van der Waals surface area contributed by atoms with Crippen LogP contribution in [0, 0.1) is 0 Å². The summed E-state index contributed by atoms with van der Waals surface area (Å²) >= 11 is 0. The van der Waals surface area contributed by atoms with Crippen molar-refractivity contribution < 1.29 is 9.90 Å². The van der Waals surface area contributed by atoms with Crippen molar-refractivity contribution >= 4 is 11.9 Å². The molecule has 0 aliphatic carbocycles. The summed E-state index contributed by atoms with van der Waals surface area (Å²) in [4.78, 5) is 15.7. The van der Waals surface area contributed by atoms with Gasteiger partial charge in [-0.05, 0) is 12.0 Å². The molecule has 1 unspecified atom stereocenters. The van der Waals surface area contributed by atoms with Gasteiger partial charge in [0, 0.05) is 39.0 Å². The normalized spacial score (nSPS) is 12.6. The van der Waals surface area contributed by atoms with Crippen LogP contribution in [0.3, 0.4) is 0 Å². The average Bonchev–Trinajstić information content (AvgIpc) is 2.59. The Morgan fingerprint density at radius 2 is 1.91 bits per heavy atom. The van der Waals surface area contributed by atoms with E-state index in [9.17, 15) is 9.90 Å². The molecule has 0 bridgehead atoms. The number of nitrogens with zero attached hydrogens (tertiary/aromatic N) is 1. The minimum Gasteiger partial charge on any atom is -0.396 e. The Morgan fingerprint density at radius 1 is 1.17 bits per heavy atom. The zero-order valence-corrected chi connectivity index (χ0v) is 14.0. The molecule has 0 saturated heterocycles. The molecule has 0 heterocycles. The van der Waals surface area contributed by atoms with E-state index in [1.165, 1.54) is 0 Å². The van der Waals surface area contributed by atoms with Gasteiger partial charge in [-0.25, -0.2) is 0 Å². The Morgan fingerprint density at radius 3 is 2.52 bits per heavy atom. The summed E-state index contributed by atoms with van der Waals surface area (Å²) in [6.45, 7) is 3.88. The molecule has 6 heteroatoms. The van der Waals surface area contributed by atoms with E-state index in [4.69, 9.17) is 0 Å². The number of guanidine groups is 1. The van der Waals surface area contributed by atoms with Gasteiger partial charge < -0.3 is 21.1 Å². The third kappa shape index (κ3) is 7.65. The second-order valence-electron chi connectivity index (χ2n) is 5.27. The van der Waals surface area contributed by atoms with Crippen LogP contribution in [0.5, 0.6) is 0 Å². The number of carbonyl (C=O) groups is 1. The fraction of sp³-hybridized carbons (Fsp3) is 0.529. The van der Waals surface area contributed by atoms with Crippen molar-refractivity contribution in [2.45, 2.75) is 25.7 Å². The van der Waals surface area contributed by atoms with E-state index >= 15 is 0 Å². The molecule has 0 aromatic heterocycles. The number of aliphatic hydroxyl groups is 1. The minimum absolute atomic E-state index is 0.00241. The van der Waals surface area contributed by atoms with E-state index < -0.39 is 0 Å². The van der Waals surface area contributed by atoms with Gasteiger partial charge in [0.25, 0.3) is 0 Å². The standard InChI is InChI=1S/C17H28N4O2/c1-3-10-19-16(23)9-11-20-17(18-2)21-12-15(13-22)14-7-5-4-6-8-14/h4-8,15,22H,3,9-13H2,1-2H3,(H,19,23)(H2,18,20,21). The van der Waals surface area contributed by atoms with Crippen LogP contribution in [0.25, 0.3) is 0 Å². The molecule has 6 nitrogen and oxygen atoms in total. The fourth-order valence-corrected chi connectivity index (χ4v) is 2.10. The number of aliphatic imine (C=N–C) groups is 1. The van der Waals surface area contributed by atoms with Crippen molar-refractivity contribution in [1.82, 2.24) is 16.0 Å². The van der Waals surface area contributed by atoms with Crippen molar-refractivity contribution in [3.05, 3.63) is 35.9 Å². The molecular weight excluding hydrogens is 292 g/mol. The van der Waals surface area contributed by atoms with Crippen LogP contribution >= 0.6 is 0 Å². The van der Waals surface area contributed by atoms with Crippen molar-refractivity contribution in [2.24, 2.45) is 4.99 Å². The largest absolute Gasteiger partial charge is 0.396 e. The first-order valence-corrected chi connectivity index (χ1v) is 8.08. The van der Waals surface area contributed by atoms with Crippen LogP contribution in [-0.4, -0.2) is 50.3 Å². The molecule has 128 valence electrons. The summed E-state index contributed by atoms with van der Waals surface area (Å²) in [6, 6.07) is 9.86. The van der Waals surface area contributed by atoms with Gasteiger partial charge in [-0.2, -0.15) is 0 Å². The van der Waals surface area contributed by atoms with Crippen LogP contribution < -0.4 is 16.0 Å². The molecule has 1 amide bonds. The van der Waals surface area contributed by atoms with Gasteiger partial charge >= 0.3 is 0 Å². The summed E-state index contributed by atoms with van der Waals surface area (Å²) in [6.07, 6.45) is 1.34. The van der Waals surface area contributed by atoms with Gasteiger partial charge in [0.2, 0.25) is 5.91 Å². The van der Waals surface area contributed by atoms with Crippen molar-refractivity contribution in [1.29, 1.82) is 0 Å². The number of nitrogens with one attached hydrogen (secondary N) is 3. The number of rotatable bonds is 9. The molecule has 0 saturated carbocycles. The Labute approximate surface area is 138 Å². The van der Waals surface area contributed by atoms with Crippen molar-refractivity contribution in [3.63, 3.8) is 0 Å².